The van der Waals surface area contributed by atoms with Crippen molar-refractivity contribution in [3.63, 3.8) is 0 Å². The lowest BCUT2D eigenvalue weighted by Crippen LogP contribution is -2.18. The maximum atomic E-state index is 14.2. The Kier molecular flexibility index (Phi) is 7.79. The Morgan fingerprint density at radius 3 is 2.70 bits per heavy atom. The van der Waals surface area contributed by atoms with E-state index in [0.717, 1.165) is 11.6 Å². The lowest BCUT2D eigenvalue weighted by molar-refractivity contribution is -0.163. The van der Waals surface area contributed by atoms with Gasteiger partial charge in [0.2, 0.25) is 0 Å². The molecule has 1 aromatic rings. The van der Waals surface area contributed by atoms with E-state index in [1.165, 1.54) is 24.3 Å². The number of allylic oxidation sites excluding steroid dienone is 5. The molecule has 0 bridgehead atoms. The second-order valence-corrected chi connectivity index (χ2v) is 7.68. The third-order valence-electron chi connectivity index (χ3n) is 5.04. The van der Waals surface area contributed by atoms with E-state index >= 15 is 0 Å². The topological polar surface area (TPSA) is 44.8 Å². The molecule has 1 aromatic carbocycles. The van der Waals surface area contributed by atoms with Crippen molar-refractivity contribution in [2.75, 3.05) is 6.61 Å². The number of esters is 1. The number of hydrogen-bond acceptors (Lipinski definition) is 4. The molecule has 0 saturated heterocycles. The molecule has 0 spiro atoms. The van der Waals surface area contributed by atoms with Gasteiger partial charge in [-0.2, -0.15) is 13.2 Å². The monoisotopic (exact) mass is 464 g/mol. The fraction of sp³-hybridized carbons (Fsp3) is 0.320. The van der Waals surface area contributed by atoms with Crippen LogP contribution in [0, 0.1) is 5.82 Å². The minimum atomic E-state index is -4.43. The average molecular weight is 464 g/mol. The summed E-state index contributed by atoms with van der Waals surface area (Å²) in [5.41, 5.74) is 1.58. The Morgan fingerprint density at radius 1 is 1.21 bits per heavy atom. The summed E-state index contributed by atoms with van der Waals surface area (Å²) in [5.74, 6) is -1.23. The largest absolute Gasteiger partial charge is 0.484 e. The number of carbonyl (C=O) groups excluding carboxylic acids is 1. The second-order valence-electron chi connectivity index (χ2n) is 7.68. The van der Waals surface area contributed by atoms with Gasteiger partial charge in [-0.3, -0.25) is 0 Å². The van der Waals surface area contributed by atoms with Gasteiger partial charge in [0.15, 0.2) is 18.2 Å². The first-order valence-electron chi connectivity index (χ1n) is 10.4. The molecule has 0 radical (unpaired) electrons. The van der Waals surface area contributed by atoms with E-state index in [1.807, 2.05) is 12.2 Å². The first-order valence-corrected chi connectivity index (χ1v) is 10.4. The van der Waals surface area contributed by atoms with Crippen LogP contribution in [0.3, 0.4) is 0 Å². The Bertz CT molecular complexity index is 1030. The highest BCUT2D eigenvalue weighted by Gasteiger charge is 2.28. The fourth-order valence-corrected chi connectivity index (χ4v) is 3.33. The van der Waals surface area contributed by atoms with Gasteiger partial charge in [-0.05, 0) is 62.3 Å². The molecule has 0 saturated carbocycles. The molecule has 0 heterocycles. The summed E-state index contributed by atoms with van der Waals surface area (Å²) < 4.78 is 67.4. The highest BCUT2D eigenvalue weighted by molar-refractivity contribution is 5.90. The molecule has 0 N–H and O–H groups in total. The van der Waals surface area contributed by atoms with Crippen LogP contribution in [0.1, 0.15) is 37.0 Å². The third-order valence-corrected chi connectivity index (χ3v) is 5.04. The lowest BCUT2D eigenvalue weighted by Gasteiger charge is -2.18. The summed E-state index contributed by atoms with van der Waals surface area (Å²) in [7, 11) is 0. The molecule has 4 nitrogen and oxygen atoms in total. The van der Waals surface area contributed by atoms with Crippen LogP contribution in [0.15, 0.2) is 77.6 Å². The van der Waals surface area contributed by atoms with Crippen molar-refractivity contribution in [1.82, 2.24) is 0 Å². The van der Waals surface area contributed by atoms with Gasteiger partial charge in [0, 0.05) is 6.42 Å². The number of rotatable bonds is 7. The lowest BCUT2D eigenvalue weighted by atomic mass is 10.0. The minimum absolute atomic E-state index is 0.0533. The molecule has 33 heavy (non-hydrogen) atoms. The first-order chi connectivity index (χ1) is 15.6. The highest BCUT2D eigenvalue weighted by atomic mass is 19.4. The average Bonchev–Trinajstić information content (AvgIpc) is 2.95. The molecule has 176 valence electrons. The van der Waals surface area contributed by atoms with Gasteiger partial charge in [-0.25, -0.2) is 9.18 Å². The van der Waals surface area contributed by atoms with Crippen molar-refractivity contribution >= 4 is 5.97 Å². The number of benzene rings is 1. The number of halogens is 4. The summed E-state index contributed by atoms with van der Waals surface area (Å²) in [6.45, 7) is 2.07. The standard InChI is InChI=1S/C25H24F4O4/c1-16-8-10-19(31-15-25(27,28)29)11-12-21(16)17(2)32-24(30)18-9-13-22(26)23(14-18)33-20-6-4-3-5-7-20/h3-6,9-14,17,20H,7-8,15H2,1-2H3. The Hall–Kier alpha value is -3.29. The van der Waals surface area contributed by atoms with Gasteiger partial charge in [0.05, 0.1) is 5.56 Å². The van der Waals surface area contributed by atoms with Crippen LogP contribution in [0.4, 0.5) is 17.6 Å². The van der Waals surface area contributed by atoms with E-state index < -0.39 is 30.7 Å². The first kappa shape index (κ1) is 24.4. The van der Waals surface area contributed by atoms with E-state index in [0.29, 0.717) is 18.4 Å². The zero-order valence-electron chi connectivity index (χ0n) is 18.2. The van der Waals surface area contributed by atoms with Crippen molar-refractivity contribution in [3.8, 4) is 5.75 Å². The molecule has 2 aliphatic carbocycles. The number of hydrogen-bond donors (Lipinski definition) is 0. The summed E-state index contributed by atoms with van der Waals surface area (Å²) in [5, 5.41) is 0. The highest BCUT2D eigenvalue weighted by Crippen LogP contribution is 2.26. The number of carbonyl (C=O) groups is 1. The quantitative estimate of drug-likeness (QED) is 0.347. The Morgan fingerprint density at radius 2 is 2.00 bits per heavy atom. The zero-order valence-corrected chi connectivity index (χ0v) is 18.2. The maximum Gasteiger partial charge on any atom is 0.422 e. The number of alkyl halides is 3. The molecular weight excluding hydrogens is 440 g/mol. The van der Waals surface area contributed by atoms with E-state index in [1.54, 1.807) is 32.1 Å². The van der Waals surface area contributed by atoms with Crippen molar-refractivity contribution in [3.05, 3.63) is 89.0 Å². The predicted molar refractivity (Wildman–Crippen MR) is 115 cm³/mol. The van der Waals surface area contributed by atoms with Crippen molar-refractivity contribution < 1.29 is 36.6 Å². The van der Waals surface area contributed by atoms with Crippen molar-refractivity contribution in [2.24, 2.45) is 0 Å². The summed E-state index contributed by atoms with van der Waals surface area (Å²) >= 11 is 0. The summed E-state index contributed by atoms with van der Waals surface area (Å²) in [6.07, 6.45) is 7.36. The van der Waals surface area contributed by atoms with Gasteiger partial charge >= 0.3 is 12.1 Å². The SMILES string of the molecule is CC1=C(C(C)OC(=O)c2ccc(F)c(OC3C=CC=CC3)c2)C=CC(OCC(F)(F)F)=CC1. The fourth-order valence-electron chi connectivity index (χ4n) is 3.33. The van der Waals surface area contributed by atoms with Crippen LogP contribution in [0.25, 0.3) is 0 Å². The molecule has 3 rings (SSSR count). The molecule has 0 amide bonds. The molecule has 2 aliphatic rings. The summed E-state index contributed by atoms with van der Waals surface area (Å²) in [6, 6.07) is 3.75. The van der Waals surface area contributed by atoms with Gasteiger partial charge in [-0.15, -0.1) is 0 Å². The Balaban J connectivity index is 1.65. The predicted octanol–water partition coefficient (Wildman–Crippen LogP) is 6.37. The zero-order chi connectivity index (χ0) is 24.0. The van der Waals surface area contributed by atoms with E-state index in [4.69, 9.17) is 14.2 Å². The second kappa shape index (κ2) is 10.6. The number of ether oxygens (including phenoxy) is 3. The van der Waals surface area contributed by atoms with Crippen LogP contribution in [0.2, 0.25) is 0 Å². The molecular formula is C25H24F4O4. The van der Waals surface area contributed by atoms with Crippen LogP contribution in [0.5, 0.6) is 5.75 Å². The van der Waals surface area contributed by atoms with Crippen LogP contribution in [-0.4, -0.2) is 31.0 Å². The minimum Gasteiger partial charge on any atom is -0.484 e. The van der Waals surface area contributed by atoms with Gasteiger partial charge in [0.1, 0.15) is 18.0 Å². The Labute approximate surface area is 189 Å². The molecule has 0 fully saturated rings. The van der Waals surface area contributed by atoms with Gasteiger partial charge in [-0.1, -0.05) is 29.9 Å². The molecule has 0 aromatic heterocycles. The van der Waals surface area contributed by atoms with Crippen LogP contribution >= 0.6 is 0 Å². The smallest absolute Gasteiger partial charge is 0.422 e. The van der Waals surface area contributed by atoms with Crippen molar-refractivity contribution in [1.29, 1.82) is 0 Å². The van der Waals surface area contributed by atoms with Crippen molar-refractivity contribution in [2.45, 2.75) is 45.1 Å². The molecule has 2 atom stereocenters. The third kappa shape index (κ3) is 7.10. The normalized spacial score (nSPS) is 19.1. The van der Waals surface area contributed by atoms with E-state index in [-0.39, 0.29) is 23.2 Å². The maximum absolute atomic E-state index is 14.2. The molecule has 0 aliphatic heterocycles. The van der Waals surface area contributed by atoms with Crippen LogP contribution in [-0.2, 0) is 9.47 Å². The van der Waals surface area contributed by atoms with Gasteiger partial charge < -0.3 is 14.2 Å². The summed E-state index contributed by atoms with van der Waals surface area (Å²) in [4.78, 5) is 12.7. The molecule has 2 unspecified atom stereocenters. The molecule has 8 heteroatoms. The van der Waals surface area contributed by atoms with E-state index in [2.05, 4.69) is 0 Å². The van der Waals surface area contributed by atoms with E-state index in [9.17, 15) is 22.4 Å². The van der Waals surface area contributed by atoms with Gasteiger partial charge in [0.25, 0.3) is 0 Å². The van der Waals surface area contributed by atoms with Crippen LogP contribution < -0.4 is 4.74 Å².